The van der Waals surface area contributed by atoms with E-state index in [2.05, 4.69) is 18.7 Å². The van der Waals surface area contributed by atoms with Crippen molar-refractivity contribution in [1.29, 1.82) is 0 Å². The highest BCUT2D eigenvalue weighted by atomic mass is 16.2. The van der Waals surface area contributed by atoms with Gasteiger partial charge in [-0.25, -0.2) is 0 Å². The van der Waals surface area contributed by atoms with Gasteiger partial charge in [-0.3, -0.25) is 4.79 Å². The number of carbonyl (C=O) groups excluding carboxylic acids is 1. The highest BCUT2D eigenvalue weighted by molar-refractivity contribution is 5.83. The van der Waals surface area contributed by atoms with E-state index in [4.69, 9.17) is 5.73 Å². The normalized spacial score (nSPS) is 28.0. The van der Waals surface area contributed by atoms with Crippen molar-refractivity contribution >= 4 is 5.91 Å². The number of hydrogen-bond donors (Lipinski definition) is 1. The van der Waals surface area contributed by atoms with Crippen LogP contribution in [0.4, 0.5) is 0 Å². The fraction of sp³-hybridized carbons (Fsp3) is 0.929. The molecule has 1 saturated carbocycles. The van der Waals surface area contributed by atoms with Gasteiger partial charge in [0.05, 0.1) is 5.41 Å². The molecule has 0 radical (unpaired) electrons. The Morgan fingerprint density at radius 2 is 2.06 bits per heavy atom. The van der Waals surface area contributed by atoms with Gasteiger partial charge in [-0.2, -0.15) is 0 Å². The largest absolute Gasteiger partial charge is 0.342 e. The summed E-state index contributed by atoms with van der Waals surface area (Å²) >= 11 is 0. The van der Waals surface area contributed by atoms with Crippen LogP contribution >= 0.6 is 0 Å². The molecule has 2 N–H and O–H groups in total. The number of nitrogens with zero attached hydrogens (tertiary/aromatic N) is 1. The minimum Gasteiger partial charge on any atom is -0.342 e. The Bertz CT molecular complexity index is 282. The zero-order valence-electron chi connectivity index (χ0n) is 11.2. The van der Waals surface area contributed by atoms with Crippen molar-refractivity contribution in [3.8, 4) is 0 Å². The second kappa shape index (κ2) is 4.97. The molecule has 1 aliphatic carbocycles. The minimum absolute atomic E-state index is 0.203. The molecule has 0 aromatic rings. The molecule has 1 unspecified atom stereocenters. The van der Waals surface area contributed by atoms with E-state index in [1.807, 2.05) is 0 Å². The summed E-state index contributed by atoms with van der Waals surface area (Å²) in [6, 6.07) is 0. The van der Waals surface area contributed by atoms with E-state index in [1.54, 1.807) is 0 Å². The zero-order chi connectivity index (χ0) is 12.5. The van der Waals surface area contributed by atoms with Gasteiger partial charge >= 0.3 is 0 Å². The Balaban J connectivity index is 2.01. The van der Waals surface area contributed by atoms with Crippen LogP contribution in [-0.4, -0.2) is 30.4 Å². The summed E-state index contributed by atoms with van der Waals surface area (Å²) in [6.07, 6.45) is 5.52. The molecule has 2 aliphatic rings. The Labute approximate surface area is 105 Å². The van der Waals surface area contributed by atoms with Gasteiger partial charge in [-0.1, -0.05) is 26.7 Å². The third-order valence-electron chi connectivity index (χ3n) is 4.86. The maximum Gasteiger partial charge on any atom is 0.230 e. The summed E-state index contributed by atoms with van der Waals surface area (Å²) in [5.41, 5.74) is 5.68. The predicted molar refractivity (Wildman–Crippen MR) is 69.5 cm³/mol. The lowest BCUT2D eigenvalue weighted by atomic mass is 9.84. The summed E-state index contributed by atoms with van der Waals surface area (Å²) in [4.78, 5) is 14.7. The molecule has 17 heavy (non-hydrogen) atoms. The first kappa shape index (κ1) is 12.9. The monoisotopic (exact) mass is 238 g/mol. The van der Waals surface area contributed by atoms with Crippen molar-refractivity contribution in [1.82, 2.24) is 4.90 Å². The average molecular weight is 238 g/mol. The van der Waals surface area contributed by atoms with E-state index in [0.29, 0.717) is 24.3 Å². The molecule has 1 atom stereocenters. The highest BCUT2D eigenvalue weighted by Crippen LogP contribution is 2.40. The molecule has 0 bridgehead atoms. The maximum absolute atomic E-state index is 12.6. The molecular weight excluding hydrogens is 212 g/mol. The van der Waals surface area contributed by atoms with E-state index in [-0.39, 0.29) is 5.41 Å². The summed E-state index contributed by atoms with van der Waals surface area (Å²) in [6.45, 7) is 6.95. The third kappa shape index (κ3) is 2.35. The Kier molecular flexibility index (Phi) is 3.76. The number of carbonyl (C=O) groups is 1. The summed E-state index contributed by atoms with van der Waals surface area (Å²) in [7, 11) is 0. The van der Waals surface area contributed by atoms with E-state index in [0.717, 1.165) is 25.9 Å². The lowest BCUT2D eigenvalue weighted by molar-refractivity contribution is -0.140. The van der Waals surface area contributed by atoms with Crippen molar-refractivity contribution < 1.29 is 4.79 Å². The van der Waals surface area contributed by atoms with Crippen LogP contribution < -0.4 is 5.73 Å². The molecule has 0 aromatic heterocycles. The number of hydrogen-bond acceptors (Lipinski definition) is 2. The van der Waals surface area contributed by atoms with Gasteiger partial charge < -0.3 is 10.6 Å². The predicted octanol–water partition coefficient (Wildman–Crippen LogP) is 2.01. The minimum atomic E-state index is -0.203. The van der Waals surface area contributed by atoms with Gasteiger partial charge in [0.25, 0.3) is 0 Å². The number of rotatable bonds is 3. The molecule has 1 saturated heterocycles. The fourth-order valence-corrected chi connectivity index (χ4v) is 3.41. The highest BCUT2D eigenvalue weighted by Gasteiger charge is 2.44. The Morgan fingerprint density at radius 1 is 1.41 bits per heavy atom. The van der Waals surface area contributed by atoms with E-state index < -0.39 is 0 Å². The van der Waals surface area contributed by atoms with Gasteiger partial charge in [0.15, 0.2) is 0 Å². The molecule has 0 spiro atoms. The standard InChI is InChI=1S/C14H26N2O/c1-11(2)12-5-8-16(9-12)13(17)14(10-15)6-3-4-7-14/h11-12H,3-10,15H2,1-2H3. The van der Waals surface area contributed by atoms with E-state index in [9.17, 15) is 4.79 Å². The van der Waals surface area contributed by atoms with Crippen molar-refractivity contribution in [2.45, 2.75) is 46.0 Å². The lowest BCUT2D eigenvalue weighted by Gasteiger charge is -2.31. The second-order valence-electron chi connectivity index (χ2n) is 6.24. The molecule has 98 valence electrons. The fourth-order valence-electron chi connectivity index (χ4n) is 3.41. The molecule has 0 aromatic carbocycles. The Morgan fingerprint density at radius 3 is 2.53 bits per heavy atom. The molecular formula is C14H26N2O. The van der Waals surface area contributed by atoms with Crippen molar-refractivity contribution in [2.24, 2.45) is 23.0 Å². The van der Waals surface area contributed by atoms with Crippen LogP contribution in [0.5, 0.6) is 0 Å². The van der Waals surface area contributed by atoms with Crippen LogP contribution in [0, 0.1) is 17.3 Å². The summed E-state index contributed by atoms with van der Waals surface area (Å²) in [5, 5.41) is 0. The SMILES string of the molecule is CC(C)C1CCN(C(=O)C2(CN)CCCC2)C1. The van der Waals surface area contributed by atoms with Crippen molar-refractivity contribution in [3.63, 3.8) is 0 Å². The molecule has 3 nitrogen and oxygen atoms in total. The summed E-state index contributed by atoms with van der Waals surface area (Å²) in [5.74, 6) is 1.72. The van der Waals surface area contributed by atoms with Crippen LogP contribution in [0.2, 0.25) is 0 Å². The van der Waals surface area contributed by atoms with Gasteiger partial charge in [0.1, 0.15) is 0 Å². The average Bonchev–Trinajstić information content (AvgIpc) is 2.98. The topological polar surface area (TPSA) is 46.3 Å². The molecule has 3 heteroatoms. The Hall–Kier alpha value is -0.570. The van der Waals surface area contributed by atoms with Gasteiger partial charge in [0.2, 0.25) is 5.91 Å². The molecule has 1 heterocycles. The van der Waals surface area contributed by atoms with Crippen molar-refractivity contribution in [2.75, 3.05) is 19.6 Å². The maximum atomic E-state index is 12.6. The van der Waals surface area contributed by atoms with Crippen LogP contribution in [0.25, 0.3) is 0 Å². The van der Waals surface area contributed by atoms with Crippen LogP contribution in [-0.2, 0) is 4.79 Å². The third-order valence-corrected chi connectivity index (χ3v) is 4.86. The summed E-state index contributed by atoms with van der Waals surface area (Å²) < 4.78 is 0. The molecule has 2 fully saturated rings. The van der Waals surface area contributed by atoms with E-state index in [1.165, 1.54) is 19.3 Å². The van der Waals surface area contributed by atoms with Crippen LogP contribution in [0.1, 0.15) is 46.0 Å². The first-order valence-corrected chi connectivity index (χ1v) is 7.08. The number of likely N-dealkylation sites (tertiary alicyclic amines) is 1. The van der Waals surface area contributed by atoms with Crippen LogP contribution in [0.3, 0.4) is 0 Å². The quantitative estimate of drug-likeness (QED) is 0.817. The van der Waals surface area contributed by atoms with E-state index >= 15 is 0 Å². The van der Waals surface area contributed by atoms with Crippen molar-refractivity contribution in [3.05, 3.63) is 0 Å². The zero-order valence-corrected chi connectivity index (χ0v) is 11.2. The van der Waals surface area contributed by atoms with Gasteiger partial charge in [-0.15, -0.1) is 0 Å². The second-order valence-corrected chi connectivity index (χ2v) is 6.24. The number of nitrogens with two attached hydrogens (primary N) is 1. The lowest BCUT2D eigenvalue weighted by Crippen LogP contribution is -2.45. The first-order chi connectivity index (χ1) is 8.09. The molecule has 1 aliphatic heterocycles. The molecule has 2 rings (SSSR count). The van der Waals surface area contributed by atoms with Crippen LogP contribution in [0.15, 0.2) is 0 Å². The smallest absolute Gasteiger partial charge is 0.230 e. The first-order valence-electron chi connectivity index (χ1n) is 7.08. The molecule has 1 amide bonds. The number of amides is 1. The van der Waals surface area contributed by atoms with Gasteiger partial charge in [0, 0.05) is 19.6 Å². The van der Waals surface area contributed by atoms with Gasteiger partial charge in [-0.05, 0) is 31.1 Å².